The van der Waals surface area contributed by atoms with Gasteiger partial charge in [-0.1, -0.05) is 11.8 Å². The average molecular weight is 324 g/mol. The molecule has 0 fully saturated rings. The fourth-order valence-corrected chi connectivity index (χ4v) is 1.40. The van der Waals surface area contributed by atoms with Gasteiger partial charge in [-0.2, -0.15) is 5.10 Å². The van der Waals surface area contributed by atoms with Gasteiger partial charge in [-0.25, -0.2) is 4.98 Å². The van der Waals surface area contributed by atoms with Crippen LogP contribution in [0.15, 0.2) is 12.3 Å². The molecule has 106 valence electrons. The molecule has 19 heavy (non-hydrogen) atoms. The van der Waals surface area contributed by atoms with Crippen molar-refractivity contribution < 1.29 is 0 Å². The fourth-order valence-electron chi connectivity index (χ4n) is 1.40. The molecule has 2 heterocycles. The number of nitrogens with one attached hydrogen (secondary N) is 1. The normalized spacial score (nSPS) is 10.3. The van der Waals surface area contributed by atoms with Crippen molar-refractivity contribution in [3.05, 3.63) is 23.5 Å². The van der Waals surface area contributed by atoms with Gasteiger partial charge >= 0.3 is 0 Å². The van der Waals surface area contributed by atoms with Crippen LogP contribution >= 0.6 is 37.2 Å². The van der Waals surface area contributed by atoms with Gasteiger partial charge < -0.3 is 5.73 Å². The van der Waals surface area contributed by atoms with Crippen LogP contribution in [0.4, 0.5) is 0 Å². The molecular formula is C12H17Cl3N4. The third kappa shape index (κ3) is 5.25. The van der Waals surface area contributed by atoms with Gasteiger partial charge in [0, 0.05) is 35.3 Å². The topological polar surface area (TPSA) is 67.6 Å². The van der Waals surface area contributed by atoms with Crippen LogP contribution in [-0.4, -0.2) is 21.2 Å². The third-order valence-electron chi connectivity index (χ3n) is 2.26. The highest BCUT2D eigenvalue weighted by Crippen LogP contribution is 2.13. The van der Waals surface area contributed by atoms with Crippen LogP contribution in [0, 0.1) is 18.8 Å². The van der Waals surface area contributed by atoms with E-state index in [2.05, 4.69) is 27.0 Å². The van der Waals surface area contributed by atoms with Crippen LogP contribution in [0.5, 0.6) is 0 Å². The number of H-pyrrole nitrogens is 1. The van der Waals surface area contributed by atoms with E-state index in [4.69, 9.17) is 5.73 Å². The van der Waals surface area contributed by atoms with E-state index in [9.17, 15) is 0 Å². The molecule has 0 saturated carbocycles. The second-order valence-corrected chi connectivity index (χ2v) is 3.93. The number of pyridine rings is 1. The molecule has 0 aliphatic heterocycles. The van der Waals surface area contributed by atoms with Crippen molar-refractivity contribution in [2.24, 2.45) is 5.73 Å². The van der Waals surface area contributed by atoms with E-state index >= 15 is 0 Å². The number of aryl methyl sites for hydroxylation is 1. The number of aromatic nitrogens is 3. The van der Waals surface area contributed by atoms with Gasteiger partial charge in [0.05, 0.1) is 0 Å². The molecule has 4 nitrogen and oxygen atoms in total. The molecule has 2 aromatic heterocycles. The lowest BCUT2D eigenvalue weighted by Gasteiger charge is -1.94. The summed E-state index contributed by atoms with van der Waals surface area (Å²) in [6.45, 7) is 3.91. The fraction of sp³-hybridized carbons (Fsp3) is 0.333. The third-order valence-corrected chi connectivity index (χ3v) is 2.26. The van der Waals surface area contributed by atoms with E-state index < -0.39 is 0 Å². The highest BCUT2D eigenvalue weighted by Gasteiger charge is 2.02. The maximum Gasteiger partial charge on any atom is 0.181 e. The van der Waals surface area contributed by atoms with Crippen molar-refractivity contribution in [2.45, 2.75) is 26.3 Å². The summed E-state index contributed by atoms with van der Waals surface area (Å²) >= 11 is 0. The number of nitrogens with zero attached hydrogens (tertiary/aromatic N) is 2. The number of nitrogens with two attached hydrogens (primary N) is 1. The second-order valence-electron chi connectivity index (χ2n) is 3.93. The van der Waals surface area contributed by atoms with Crippen molar-refractivity contribution >= 4 is 48.3 Å². The predicted octanol–water partition coefficient (Wildman–Crippen LogP) is 2.62. The van der Waals surface area contributed by atoms with Gasteiger partial charge in [0.25, 0.3) is 0 Å². The van der Waals surface area contributed by atoms with E-state index in [0.29, 0.717) is 6.42 Å². The molecule has 0 saturated heterocycles. The monoisotopic (exact) mass is 322 g/mol. The van der Waals surface area contributed by atoms with Gasteiger partial charge in [0.15, 0.2) is 5.65 Å². The Kier molecular flexibility index (Phi) is 9.63. The summed E-state index contributed by atoms with van der Waals surface area (Å²) in [7, 11) is 0. The van der Waals surface area contributed by atoms with E-state index in [0.717, 1.165) is 22.3 Å². The zero-order chi connectivity index (χ0) is 11.5. The molecule has 0 aliphatic rings. The lowest BCUT2D eigenvalue weighted by atomic mass is 10.2. The van der Waals surface area contributed by atoms with Crippen LogP contribution in [-0.2, 0) is 0 Å². The van der Waals surface area contributed by atoms with Crippen molar-refractivity contribution in [1.82, 2.24) is 15.2 Å². The molecule has 0 aliphatic carbocycles. The second kappa shape index (κ2) is 9.00. The molecule has 2 aromatic rings. The van der Waals surface area contributed by atoms with Crippen molar-refractivity contribution in [1.29, 1.82) is 0 Å². The Morgan fingerprint density at radius 3 is 2.68 bits per heavy atom. The van der Waals surface area contributed by atoms with Gasteiger partial charge in [-0.3, -0.25) is 5.10 Å². The molecule has 0 bridgehead atoms. The van der Waals surface area contributed by atoms with Gasteiger partial charge in [-0.05, 0) is 19.9 Å². The van der Waals surface area contributed by atoms with E-state index in [-0.39, 0.29) is 43.3 Å². The van der Waals surface area contributed by atoms with E-state index in [1.807, 2.05) is 19.9 Å². The summed E-state index contributed by atoms with van der Waals surface area (Å²) in [5, 5.41) is 7.98. The van der Waals surface area contributed by atoms with E-state index in [1.54, 1.807) is 6.20 Å². The smallest absolute Gasteiger partial charge is 0.181 e. The highest BCUT2D eigenvalue weighted by molar-refractivity contribution is 5.86. The number of aromatic amines is 1. The highest BCUT2D eigenvalue weighted by atomic mass is 35.5. The minimum absolute atomic E-state index is 0. The Hall–Kier alpha value is -0.990. The average Bonchev–Trinajstić information content (AvgIpc) is 2.60. The number of halogens is 3. The van der Waals surface area contributed by atoms with Crippen molar-refractivity contribution in [3.63, 3.8) is 0 Å². The maximum atomic E-state index is 5.62. The summed E-state index contributed by atoms with van der Waals surface area (Å²) in [4.78, 5) is 4.22. The largest absolute Gasteiger partial charge is 0.327 e. The molecule has 0 unspecified atom stereocenters. The Bertz CT molecular complexity index is 569. The number of rotatable bonds is 1. The minimum atomic E-state index is 0. The maximum absolute atomic E-state index is 5.62. The van der Waals surface area contributed by atoms with Crippen molar-refractivity contribution in [3.8, 4) is 11.8 Å². The zero-order valence-electron chi connectivity index (χ0n) is 10.6. The molecule has 7 heteroatoms. The van der Waals surface area contributed by atoms with Crippen LogP contribution in [0.3, 0.4) is 0 Å². The van der Waals surface area contributed by atoms with Crippen LogP contribution in [0.1, 0.15) is 24.6 Å². The molecular weight excluding hydrogens is 307 g/mol. The predicted molar refractivity (Wildman–Crippen MR) is 85.5 cm³/mol. The molecule has 3 N–H and O–H groups in total. The van der Waals surface area contributed by atoms with Gasteiger partial charge in [0.2, 0.25) is 0 Å². The first kappa shape index (κ1) is 20.3. The molecule has 1 atom stereocenters. The summed E-state index contributed by atoms with van der Waals surface area (Å²) in [5.74, 6) is 6.08. The molecule has 0 amide bonds. The molecule has 2 rings (SSSR count). The van der Waals surface area contributed by atoms with Gasteiger partial charge in [-0.15, -0.1) is 37.2 Å². The minimum Gasteiger partial charge on any atom is -0.327 e. The Morgan fingerprint density at radius 2 is 2.05 bits per heavy atom. The van der Waals surface area contributed by atoms with E-state index in [1.165, 1.54) is 0 Å². The van der Waals surface area contributed by atoms with Crippen LogP contribution < -0.4 is 5.73 Å². The zero-order valence-corrected chi connectivity index (χ0v) is 13.1. The van der Waals surface area contributed by atoms with Crippen molar-refractivity contribution in [2.75, 3.05) is 0 Å². The number of hydrogen-bond donors (Lipinski definition) is 2. The lowest BCUT2D eigenvalue weighted by Crippen LogP contribution is -2.12. The molecule has 0 spiro atoms. The first-order chi connectivity index (χ1) is 7.66. The summed E-state index contributed by atoms with van der Waals surface area (Å²) in [6.07, 6.45) is 2.43. The Balaban J connectivity index is 0. The SMILES string of the molecule is Cc1[nH]nc2ncc(C#CC[C@H](C)N)cc12.Cl.Cl.Cl. The standard InChI is InChI=1S/C12H14N4.3ClH/c1-8(13)4-3-5-10-6-11-9(2)15-16-12(11)14-7-10;;;/h6-8H,4,13H2,1-2H3,(H,14,15,16);3*1H/t8-;;;/m0.../s1. The summed E-state index contributed by atoms with van der Waals surface area (Å²) < 4.78 is 0. The van der Waals surface area contributed by atoms with Gasteiger partial charge in [0.1, 0.15) is 0 Å². The quantitative estimate of drug-likeness (QED) is 0.793. The number of hydrogen-bond acceptors (Lipinski definition) is 3. The molecule has 0 aromatic carbocycles. The van der Waals surface area contributed by atoms with Crippen LogP contribution in [0.2, 0.25) is 0 Å². The molecule has 0 radical (unpaired) electrons. The lowest BCUT2D eigenvalue weighted by molar-refractivity contribution is 0.771. The Labute approximate surface area is 131 Å². The number of fused-ring (bicyclic) bond motifs is 1. The Morgan fingerprint density at radius 1 is 1.37 bits per heavy atom. The first-order valence-electron chi connectivity index (χ1n) is 5.22. The van der Waals surface area contributed by atoms with Crippen LogP contribution in [0.25, 0.3) is 11.0 Å². The summed E-state index contributed by atoms with van der Waals surface area (Å²) in [5.41, 5.74) is 8.27. The summed E-state index contributed by atoms with van der Waals surface area (Å²) in [6, 6.07) is 2.11. The first-order valence-corrected chi connectivity index (χ1v) is 5.22.